The molecule has 0 saturated heterocycles. The Labute approximate surface area is 262 Å². The van der Waals surface area contributed by atoms with E-state index in [4.69, 9.17) is 14.5 Å². The molecular formula is C30H25I2N3O4S. The van der Waals surface area contributed by atoms with Crippen molar-refractivity contribution in [2.75, 3.05) is 19.0 Å². The molecule has 3 aromatic carbocycles. The molecule has 5 rings (SSSR count). The number of thiazole rings is 1. The summed E-state index contributed by atoms with van der Waals surface area (Å²) in [5, 5.41) is 2.98. The number of nitrogens with zero attached hydrogens (tertiary/aromatic N) is 2. The number of ether oxygens (including phenoxy) is 2. The highest BCUT2D eigenvalue weighted by Gasteiger charge is 2.32. The largest absolute Gasteiger partial charge is 0.495 e. The SMILES string of the molecule is CCOc1ccc([C@@H]2C(C(=O)Nc3ccccc3)=C(C)N=c3s/c(=C\c4cc(I)c(OC)c(I)c4)c(=O)n32)cc1. The van der Waals surface area contributed by atoms with E-state index < -0.39 is 6.04 Å². The van der Waals surface area contributed by atoms with Gasteiger partial charge in [-0.15, -0.1) is 0 Å². The number of carbonyl (C=O) groups excluding carboxylic acids is 1. The average molecular weight is 777 g/mol. The summed E-state index contributed by atoms with van der Waals surface area (Å²) in [5.74, 6) is 1.22. The Morgan fingerprint density at radius 2 is 1.77 bits per heavy atom. The maximum absolute atomic E-state index is 14.0. The molecule has 0 saturated carbocycles. The number of methoxy groups -OCH3 is 1. The van der Waals surface area contributed by atoms with Crippen molar-refractivity contribution in [1.82, 2.24) is 4.57 Å². The number of amides is 1. The van der Waals surface area contributed by atoms with Crippen LogP contribution in [0.4, 0.5) is 5.69 Å². The van der Waals surface area contributed by atoms with E-state index >= 15 is 0 Å². The fraction of sp³-hybridized carbons (Fsp3) is 0.167. The number of carbonyl (C=O) groups is 1. The number of anilines is 1. The monoisotopic (exact) mass is 777 g/mol. The van der Waals surface area contributed by atoms with Gasteiger partial charge in [-0.1, -0.05) is 41.7 Å². The van der Waals surface area contributed by atoms with Crippen LogP contribution >= 0.6 is 56.5 Å². The van der Waals surface area contributed by atoms with Crippen LogP contribution in [0.3, 0.4) is 0 Å². The molecular weight excluding hydrogens is 752 g/mol. The first-order valence-corrected chi connectivity index (χ1v) is 15.4. The van der Waals surface area contributed by atoms with Crippen LogP contribution in [-0.4, -0.2) is 24.2 Å². The van der Waals surface area contributed by atoms with Crippen LogP contribution < -0.4 is 29.7 Å². The second kappa shape index (κ2) is 12.3. The van der Waals surface area contributed by atoms with E-state index in [1.54, 1.807) is 11.7 Å². The Kier molecular flexibility index (Phi) is 8.76. The van der Waals surface area contributed by atoms with E-state index in [1.807, 2.05) is 86.7 Å². The molecule has 0 spiro atoms. The second-order valence-corrected chi connectivity index (χ2v) is 12.3. The zero-order valence-electron chi connectivity index (χ0n) is 21.9. The number of rotatable bonds is 7. The number of aromatic nitrogens is 1. The quantitative estimate of drug-likeness (QED) is 0.252. The molecule has 1 atom stereocenters. The molecule has 40 heavy (non-hydrogen) atoms. The Hall–Kier alpha value is -2.97. The Bertz CT molecular complexity index is 1770. The molecule has 0 unspecified atom stereocenters. The number of halogens is 2. The number of para-hydroxylation sites is 1. The molecule has 1 aliphatic heterocycles. The van der Waals surface area contributed by atoms with Crippen molar-refractivity contribution in [3.05, 3.63) is 116 Å². The van der Waals surface area contributed by atoms with E-state index in [0.29, 0.717) is 32.9 Å². The molecule has 4 aromatic rings. The number of allylic oxidation sites excluding steroid dienone is 1. The van der Waals surface area contributed by atoms with Crippen LogP contribution in [0.5, 0.6) is 11.5 Å². The maximum atomic E-state index is 14.0. The normalized spacial score (nSPS) is 14.9. The highest BCUT2D eigenvalue weighted by molar-refractivity contribution is 14.1. The zero-order valence-corrected chi connectivity index (χ0v) is 27.0. The van der Waals surface area contributed by atoms with E-state index in [9.17, 15) is 9.59 Å². The molecule has 1 aromatic heterocycles. The van der Waals surface area contributed by atoms with Crippen molar-refractivity contribution in [3.63, 3.8) is 0 Å². The first-order chi connectivity index (χ1) is 19.3. The van der Waals surface area contributed by atoms with Crippen LogP contribution in [0.1, 0.15) is 31.0 Å². The lowest BCUT2D eigenvalue weighted by Gasteiger charge is -2.25. The van der Waals surface area contributed by atoms with Gasteiger partial charge in [0, 0.05) is 5.69 Å². The van der Waals surface area contributed by atoms with E-state index in [0.717, 1.165) is 29.8 Å². The van der Waals surface area contributed by atoms with Gasteiger partial charge in [-0.25, -0.2) is 4.99 Å². The summed E-state index contributed by atoms with van der Waals surface area (Å²) < 4.78 is 15.2. The van der Waals surface area contributed by atoms with Crippen molar-refractivity contribution in [2.45, 2.75) is 19.9 Å². The molecule has 1 amide bonds. The minimum atomic E-state index is -0.658. The number of hydrogen-bond acceptors (Lipinski definition) is 6. The highest BCUT2D eigenvalue weighted by atomic mass is 127. The molecule has 0 aliphatic carbocycles. The minimum Gasteiger partial charge on any atom is -0.495 e. The van der Waals surface area contributed by atoms with Crippen molar-refractivity contribution < 1.29 is 14.3 Å². The van der Waals surface area contributed by atoms with Crippen LogP contribution in [0.2, 0.25) is 0 Å². The molecule has 204 valence electrons. The van der Waals surface area contributed by atoms with Gasteiger partial charge in [0.15, 0.2) is 4.80 Å². The molecule has 1 N–H and O–H groups in total. The summed E-state index contributed by atoms with van der Waals surface area (Å²) in [7, 11) is 1.65. The topological polar surface area (TPSA) is 81.9 Å². The van der Waals surface area contributed by atoms with Gasteiger partial charge < -0.3 is 14.8 Å². The molecule has 0 radical (unpaired) electrons. The van der Waals surface area contributed by atoms with Gasteiger partial charge in [-0.3, -0.25) is 14.2 Å². The van der Waals surface area contributed by atoms with Crippen LogP contribution in [-0.2, 0) is 4.79 Å². The fourth-order valence-corrected chi connectivity index (χ4v) is 7.87. The summed E-state index contributed by atoms with van der Waals surface area (Å²) in [6, 6.07) is 20.1. The number of nitrogens with one attached hydrogen (secondary N) is 1. The Morgan fingerprint density at radius 1 is 1.10 bits per heavy atom. The van der Waals surface area contributed by atoms with Gasteiger partial charge in [-0.2, -0.15) is 0 Å². The molecule has 2 heterocycles. The molecule has 0 fully saturated rings. The van der Waals surface area contributed by atoms with Crippen molar-refractivity contribution in [2.24, 2.45) is 4.99 Å². The zero-order chi connectivity index (χ0) is 28.4. The third-order valence-electron chi connectivity index (χ3n) is 6.33. The summed E-state index contributed by atoms with van der Waals surface area (Å²) in [4.78, 5) is 32.9. The second-order valence-electron chi connectivity index (χ2n) is 8.92. The Morgan fingerprint density at radius 3 is 2.40 bits per heavy atom. The Balaban J connectivity index is 1.66. The summed E-state index contributed by atoms with van der Waals surface area (Å²) in [6.07, 6.45) is 1.87. The van der Waals surface area contributed by atoms with Gasteiger partial charge in [0.2, 0.25) is 0 Å². The molecule has 10 heteroatoms. The molecule has 1 aliphatic rings. The number of fused-ring (bicyclic) bond motifs is 1. The highest BCUT2D eigenvalue weighted by Crippen LogP contribution is 2.32. The van der Waals surface area contributed by atoms with Gasteiger partial charge in [0.05, 0.1) is 42.7 Å². The predicted molar refractivity (Wildman–Crippen MR) is 175 cm³/mol. The third kappa shape index (κ3) is 5.75. The van der Waals surface area contributed by atoms with Gasteiger partial charge >= 0.3 is 0 Å². The van der Waals surface area contributed by atoms with E-state index in [2.05, 4.69) is 50.5 Å². The lowest BCUT2D eigenvalue weighted by molar-refractivity contribution is -0.113. The van der Waals surface area contributed by atoms with E-state index in [1.165, 1.54) is 11.3 Å². The predicted octanol–water partition coefficient (Wildman–Crippen LogP) is 5.49. The lowest BCUT2D eigenvalue weighted by Crippen LogP contribution is -2.40. The summed E-state index contributed by atoms with van der Waals surface area (Å²) >= 11 is 5.77. The van der Waals surface area contributed by atoms with Gasteiger partial charge in [0.1, 0.15) is 11.5 Å². The first kappa shape index (κ1) is 28.6. The number of hydrogen-bond donors (Lipinski definition) is 1. The fourth-order valence-electron chi connectivity index (χ4n) is 4.57. The van der Waals surface area contributed by atoms with E-state index in [-0.39, 0.29) is 11.5 Å². The summed E-state index contributed by atoms with van der Waals surface area (Å²) in [5.41, 5.74) is 3.11. The third-order valence-corrected chi connectivity index (χ3v) is 8.91. The lowest BCUT2D eigenvalue weighted by atomic mass is 9.95. The van der Waals surface area contributed by atoms with Crippen LogP contribution in [0.25, 0.3) is 6.08 Å². The van der Waals surface area contributed by atoms with Crippen molar-refractivity contribution >= 4 is 74.2 Å². The average Bonchev–Trinajstić information content (AvgIpc) is 3.23. The smallest absolute Gasteiger partial charge is 0.271 e. The molecule has 7 nitrogen and oxygen atoms in total. The standard InChI is InChI=1S/C30H25I2N3O4S/c1-4-39-21-12-10-19(11-13-21)26-25(28(36)34-20-8-6-5-7-9-20)17(2)33-30-35(26)29(37)24(40-30)16-18-14-22(31)27(38-3)23(32)15-18/h5-16,26H,4H2,1-3H3,(H,34,36)/b24-16-/t26-/m1/s1. The van der Waals surface area contributed by atoms with Gasteiger partial charge in [0.25, 0.3) is 11.5 Å². The van der Waals surface area contributed by atoms with Crippen LogP contribution in [0, 0.1) is 7.14 Å². The number of benzene rings is 3. The van der Waals surface area contributed by atoms with Crippen molar-refractivity contribution in [3.8, 4) is 11.5 Å². The molecule has 0 bridgehead atoms. The van der Waals surface area contributed by atoms with Crippen molar-refractivity contribution in [1.29, 1.82) is 0 Å². The van der Waals surface area contributed by atoms with Gasteiger partial charge in [-0.05, 0) is 113 Å². The van der Waals surface area contributed by atoms with Crippen LogP contribution in [0.15, 0.2) is 87.8 Å². The maximum Gasteiger partial charge on any atom is 0.271 e. The minimum absolute atomic E-state index is 0.207. The summed E-state index contributed by atoms with van der Waals surface area (Å²) in [6.45, 7) is 4.28. The first-order valence-electron chi connectivity index (χ1n) is 12.5.